The van der Waals surface area contributed by atoms with Crippen LogP contribution in [0, 0.1) is 0 Å². The molecule has 1 N–H and O–H groups in total. The molecule has 0 aliphatic rings. The van der Waals surface area contributed by atoms with Crippen LogP contribution < -0.4 is 5.32 Å². The highest BCUT2D eigenvalue weighted by Gasteiger charge is 2.25. The minimum atomic E-state index is -0.162. The minimum Gasteiger partial charge on any atom is -0.352 e. The molecule has 176 valence electrons. The van der Waals surface area contributed by atoms with Gasteiger partial charge in [-0.15, -0.1) is 0 Å². The summed E-state index contributed by atoms with van der Waals surface area (Å²) in [4.78, 5) is 32.6. The number of hydrogen-bond donors (Lipinski definition) is 1. The number of nitrogens with zero attached hydrogens (tertiary/aromatic N) is 3. The molecule has 2 aromatic carbocycles. The van der Waals surface area contributed by atoms with Gasteiger partial charge in [0.2, 0.25) is 5.91 Å². The van der Waals surface area contributed by atoms with Gasteiger partial charge in [-0.05, 0) is 63.1 Å². The van der Waals surface area contributed by atoms with E-state index in [-0.39, 0.29) is 30.4 Å². The quantitative estimate of drug-likeness (QED) is 0.450. The SMILES string of the molecule is CCC(C)N(C(=O)Cn1c(CCNC(=O)c2ccc(Cl)cc2)nc2ccccc21)C(C)CC. The van der Waals surface area contributed by atoms with Crippen molar-refractivity contribution in [2.45, 2.75) is 65.6 Å². The second kappa shape index (κ2) is 11.3. The monoisotopic (exact) mass is 468 g/mol. The summed E-state index contributed by atoms with van der Waals surface area (Å²) < 4.78 is 1.99. The lowest BCUT2D eigenvalue weighted by Crippen LogP contribution is -2.46. The number of benzene rings is 2. The number of nitrogens with one attached hydrogen (secondary N) is 1. The molecule has 0 aliphatic heterocycles. The van der Waals surface area contributed by atoms with Crippen molar-refractivity contribution in [1.82, 2.24) is 19.8 Å². The summed E-state index contributed by atoms with van der Waals surface area (Å²) >= 11 is 5.90. The number of fused-ring (bicyclic) bond motifs is 1. The third kappa shape index (κ3) is 5.93. The van der Waals surface area contributed by atoms with Crippen molar-refractivity contribution in [2.75, 3.05) is 6.54 Å². The van der Waals surface area contributed by atoms with Crippen LogP contribution in [0.1, 0.15) is 56.7 Å². The Morgan fingerprint density at radius 1 is 1.03 bits per heavy atom. The van der Waals surface area contributed by atoms with Crippen molar-refractivity contribution in [3.63, 3.8) is 0 Å². The Kier molecular flexibility index (Phi) is 8.50. The number of amides is 2. The van der Waals surface area contributed by atoms with Gasteiger partial charge in [0.1, 0.15) is 12.4 Å². The second-order valence-corrected chi connectivity index (χ2v) is 8.87. The third-order valence-corrected chi connectivity index (χ3v) is 6.44. The van der Waals surface area contributed by atoms with Crippen LogP contribution in [0.4, 0.5) is 0 Å². The van der Waals surface area contributed by atoms with Gasteiger partial charge in [-0.1, -0.05) is 37.6 Å². The average molecular weight is 469 g/mol. The summed E-state index contributed by atoms with van der Waals surface area (Å²) in [5.41, 5.74) is 2.34. The highest BCUT2D eigenvalue weighted by atomic mass is 35.5. The number of aromatic nitrogens is 2. The summed E-state index contributed by atoms with van der Waals surface area (Å²) in [5, 5.41) is 3.53. The summed E-state index contributed by atoms with van der Waals surface area (Å²) in [6, 6.07) is 15.0. The molecule has 0 spiro atoms. The smallest absolute Gasteiger partial charge is 0.251 e. The topological polar surface area (TPSA) is 67.2 Å². The van der Waals surface area contributed by atoms with Gasteiger partial charge in [0, 0.05) is 35.6 Å². The van der Waals surface area contributed by atoms with Gasteiger partial charge in [0.05, 0.1) is 11.0 Å². The number of carbonyl (C=O) groups excluding carboxylic acids is 2. The zero-order chi connectivity index (χ0) is 24.0. The maximum Gasteiger partial charge on any atom is 0.251 e. The fraction of sp³-hybridized carbons (Fsp3) is 0.423. The van der Waals surface area contributed by atoms with E-state index in [1.54, 1.807) is 24.3 Å². The molecule has 0 aliphatic carbocycles. The highest BCUT2D eigenvalue weighted by Crippen LogP contribution is 2.19. The molecular weight excluding hydrogens is 436 g/mol. The lowest BCUT2D eigenvalue weighted by atomic mass is 10.1. The molecule has 2 amide bonds. The molecular formula is C26H33ClN4O2. The molecule has 0 saturated carbocycles. The number of carbonyl (C=O) groups is 2. The summed E-state index contributed by atoms with van der Waals surface area (Å²) in [7, 11) is 0. The Balaban J connectivity index is 1.78. The van der Waals surface area contributed by atoms with E-state index in [1.165, 1.54) is 0 Å². The number of rotatable bonds is 10. The van der Waals surface area contributed by atoms with Crippen LogP contribution in [0.2, 0.25) is 5.02 Å². The van der Waals surface area contributed by atoms with Crippen LogP contribution >= 0.6 is 11.6 Å². The van der Waals surface area contributed by atoms with Crippen molar-refractivity contribution in [2.24, 2.45) is 0 Å². The first kappa shape index (κ1) is 24.8. The van der Waals surface area contributed by atoms with E-state index in [0.717, 1.165) is 29.7 Å². The van der Waals surface area contributed by atoms with Gasteiger partial charge in [0.25, 0.3) is 5.91 Å². The van der Waals surface area contributed by atoms with Crippen LogP contribution in [0.5, 0.6) is 0 Å². The van der Waals surface area contributed by atoms with Crippen molar-refractivity contribution < 1.29 is 9.59 Å². The Bertz CT molecular complexity index is 1080. The van der Waals surface area contributed by atoms with Crippen molar-refractivity contribution in [1.29, 1.82) is 0 Å². The number of hydrogen-bond acceptors (Lipinski definition) is 3. The van der Waals surface area contributed by atoms with Crippen LogP contribution in [0.15, 0.2) is 48.5 Å². The molecule has 0 fully saturated rings. The molecule has 3 rings (SSSR count). The first-order valence-corrected chi connectivity index (χ1v) is 12.0. The van der Waals surface area contributed by atoms with Gasteiger partial charge in [-0.3, -0.25) is 9.59 Å². The van der Waals surface area contributed by atoms with E-state index in [0.29, 0.717) is 23.6 Å². The molecule has 0 saturated heterocycles. The van der Waals surface area contributed by atoms with E-state index >= 15 is 0 Å². The predicted molar refractivity (Wildman–Crippen MR) is 134 cm³/mol. The molecule has 2 atom stereocenters. The van der Waals surface area contributed by atoms with Crippen LogP contribution in [0.25, 0.3) is 11.0 Å². The van der Waals surface area contributed by atoms with Crippen molar-refractivity contribution in [3.05, 3.63) is 64.9 Å². The van der Waals surface area contributed by atoms with Crippen LogP contribution in [0.3, 0.4) is 0 Å². The highest BCUT2D eigenvalue weighted by molar-refractivity contribution is 6.30. The Morgan fingerprint density at radius 2 is 1.67 bits per heavy atom. The van der Waals surface area contributed by atoms with Gasteiger partial charge in [-0.2, -0.15) is 0 Å². The van der Waals surface area contributed by atoms with Crippen molar-refractivity contribution in [3.8, 4) is 0 Å². The normalized spacial score (nSPS) is 13.0. The van der Waals surface area contributed by atoms with E-state index < -0.39 is 0 Å². The molecule has 0 radical (unpaired) electrons. The summed E-state index contributed by atoms with van der Waals surface area (Å²) in [6.45, 7) is 9.06. The van der Waals surface area contributed by atoms with Crippen LogP contribution in [-0.4, -0.2) is 44.9 Å². The fourth-order valence-electron chi connectivity index (χ4n) is 4.02. The molecule has 7 heteroatoms. The molecule has 2 unspecified atom stereocenters. The maximum atomic E-state index is 13.4. The van der Waals surface area contributed by atoms with Gasteiger partial charge in [-0.25, -0.2) is 4.98 Å². The average Bonchev–Trinajstić information content (AvgIpc) is 3.16. The molecule has 3 aromatic rings. The van der Waals surface area contributed by atoms with Gasteiger partial charge in [0.15, 0.2) is 0 Å². The van der Waals surface area contributed by atoms with E-state index in [1.807, 2.05) is 33.7 Å². The van der Waals surface area contributed by atoms with Crippen LogP contribution in [-0.2, 0) is 17.8 Å². The standard InChI is InChI=1S/C26H33ClN4O2/c1-5-18(3)31(19(4)6-2)25(32)17-30-23-10-8-7-9-22(23)29-24(30)15-16-28-26(33)20-11-13-21(27)14-12-20/h7-14,18-19H,5-6,15-17H2,1-4H3,(H,28,33). The molecule has 6 nitrogen and oxygen atoms in total. The summed E-state index contributed by atoms with van der Waals surface area (Å²) in [5.74, 6) is 0.715. The number of imidazole rings is 1. The first-order valence-electron chi connectivity index (χ1n) is 11.6. The number of halogens is 1. The lowest BCUT2D eigenvalue weighted by Gasteiger charge is -2.34. The molecule has 1 heterocycles. The lowest BCUT2D eigenvalue weighted by molar-refractivity contribution is -0.136. The first-order chi connectivity index (χ1) is 15.8. The third-order valence-electron chi connectivity index (χ3n) is 6.19. The second-order valence-electron chi connectivity index (χ2n) is 8.43. The number of para-hydroxylation sites is 2. The van der Waals surface area contributed by atoms with Crippen molar-refractivity contribution >= 4 is 34.4 Å². The molecule has 1 aromatic heterocycles. The van der Waals surface area contributed by atoms with E-state index in [2.05, 4.69) is 33.0 Å². The largest absolute Gasteiger partial charge is 0.352 e. The maximum absolute atomic E-state index is 13.4. The van der Waals surface area contributed by atoms with E-state index in [9.17, 15) is 9.59 Å². The van der Waals surface area contributed by atoms with E-state index in [4.69, 9.17) is 16.6 Å². The Labute approximate surface area is 200 Å². The summed E-state index contributed by atoms with van der Waals surface area (Å²) in [6.07, 6.45) is 2.34. The minimum absolute atomic E-state index is 0.0910. The fourth-order valence-corrected chi connectivity index (χ4v) is 4.15. The zero-order valence-electron chi connectivity index (χ0n) is 19.8. The zero-order valence-corrected chi connectivity index (χ0v) is 20.6. The van der Waals surface area contributed by atoms with Gasteiger partial charge >= 0.3 is 0 Å². The molecule has 0 bridgehead atoms. The predicted octanol–water partition coefficient (Wildman–Crippen LogP) is 5.09. The Morgan fingerprint density at radius 3 is 2.30 bits per heavy atom. The van der Waals surface area contributed by atoms with Gasteiger partial charge < -0.3 is 14.8 Å². The Hall–Kier alpha value is -2.86. The molecule has 33 heavy (non-hydrogen) atoms.